The van der Waals surface area contributed by atoms with Crippen molar-refractivity contribution in [3.8, 4) is 5.75 Å². The molecule has 0 aromatic heterocycles. The van der Waals surface area contributed by atoms with Crippen LogP contribution in [0.2, 0.25) is 5.02 Å². The van der Waals surface area contributed by atoms with Crippen LogP contribution in [0, 0.1) is 0 Å². The van der Waals surface area contributed by atoms with Crippen molar-refractivity contribution in [2.24, 2.45) is 0 Å². The zero-order valence-corrected chi connectivity index (χ0v) is 14.1. The van der Waals surface area contributed by atoms with E-state index in [1.54, 1.807) is 48.5 Å². The Kier molecular flexibility index (Phi) is 6.01. The van der Waals surface area contributed by atoms with E-state index in [0.717, 1.165) is 0 Å². The molecule has 1 atom stereocenters. The summed E-state index contributed by atoms with van der Waals surface area (Å²) in [5.74, 6) is 0.431. The van der Waals surface area contributed by atoms with Crippen molar-refractivity contribution in [3.63, 3.8) is 0 Å². The van der Waals surface area contributed by atoms with Gasteiger partial charge in [0.15, 0.2) is 0 Å². The Morgan fingerprint density at radius 1 is 1.22 bits per heavy atom. The molecule has 5 nitrogen and oxygen atoms in total. The summed E-state index contributed by atoms with van der Waals surface area (Å²) >= 11 is 5.77. The lowest BCUT2D eigenvalue weighted by Gasteiger charge is -2.13. The molecule has 0 saturated heterocycles. The molecule has 124 valence electrons. The fourth-order valence-electron chi connectivity index (χ4n) is 2.02. The van der Waals surface area contributed by atoms with E-state index in [1.807, 2.05) is 0 Å². The number of ether oxygens (including phenoxy) is 1. The van der Waals surface area contributed by atoms with Gasteiger partial charge in [0.2, 0.25) is 10.0 Å². The van der Waals surface area contributed by atoms with Crippen LogP contribution in [0.15, 0.2) is 48.5 Å². The molecule has 23 heavy (non-hydrogen) atoms. The van der Waals surface area contributed by atoms with E-state index in [-0.39, 0.29) is 12.3 Å². The van der Waals surface area contributed by atoms with Gasteiger partial charge in [-0.25, -0.2) is 13.1 Å². The second-order valence-electron chi connectivity index (χ2n) is 5.03. The summed E-state index contributed by atoms with van der Waals surface area (Å²) in [4.78, 5) is 0. The van der Waals surface area contributed by atoms with Crippen molar-refractivity contribution in [2.45, 2.75) is 11.9 Å². The van der Waals surface area contributed by atoms with E-state index in [9.17, 15) is 13.5 Å². The topological polar surface area (TPSA) is 75.6 Å². The second kappa shape index (κ2) is 7.79. The average Bonchev–Trinajstić information content (AvgIpc) is 2.55. The van der Waals surface area contributed by atoms with Crippen LogP contribution in [-0.2, 0) is 15.8 Å². The third kappa shape index (κ3) is 5.51. The number of benzene rings is 2. The van der Waals surface area contributed by atoms with Crippen LogP contribution >= 0.6 is 11.6 Å². The van der Waals surface area contributed by atoms with Crippen LogP contribution in [-0.4, -0.2) is 27.2 Å². The SMILES string of the molecule is COc1cccc(C(O)CNS(=O)(=O)Cc2ccc(Cl)cc2)c1. The molecular weight excluding hydrogens is 338 g/mol. The summed E-state index contributed by atoms with van der Waals surface area (Å²) in [6.07, 6.45) is -0.954. The molecule has 2 N–H and O–H groups in total. The zero-order valence-electron chi connectivity index (χ0n) is 12.6. The van der Waals surface area contributed by atoms with Gasteiger partial charge < -0.3 is 9.84 Å². The van der Waals surface area contributed by atoms with Crippen LogP contribution in [0.3, 0.4) is 0 Å². The van der Waals surface area contributed by atoms with Gasteiger partial charge in [0.1, 0.15) is 5.75 Å². The van der Waals surface area contributed by atoms with Gasteiger partial charge in [-0.3, -0.25) is 0 Å². The summed E-state index contributed by atoms with van der Waals surface area (Å²) in [6.45, 7) is -0.108. The molecule has 0 saturated carbocycles. The van der Waals surface area contributed by atoms with Gasteiger partial charge in [0.05, 0.1) is 19.0 Å². The summed E-state index contributed by atoms with van der Waals surface area (Å²) in [7, 11) is -2.02. The van der Waals surface area contributed by atoms with E-state index in [1.165, 1.54) is 7.11 Å². The number of rotatable bonds is 7. The van der Waals surface area contributed by atoms with Crippen molar-refractivity contribution >= 4 is 21.6 Å². The number of methoxy groups -OCH3 is 1. The minimum atomic E-state index is -3.55. The van der Waals surface area contributed by atoms with E-state index < -0.39 is 16.1 Å². The molecule has 0 aliphatic heterocycles. The molecule has 1 unspecified atom stereocenters. The third-order valence-electron chi connectivity index (χ3n) is 3.25. The summed E-state index contributed by atoms with van der Waals surface area (Å²) in [5, 5.41) is 10.7. The van der Waals surface area contributed by atoms with Crippen LogP contribution in [0.1, 0.15) is 17.2 Å². The van der Waals surface area contributed by atoms with Crippen LogP contribution in [0.25, 0.3) is 0 Å². The Hall–Kier alpha value is -1.60. The number of hydrogen-bond acceptors (Lipinski definition) is 4. The Balaban J connectivity index is 1.96. The molecule has 0 radical (unpaired) electrons. The van der Waals surface area contributed by atoms with Gasteiger partial charge >= 0.3 is 0 Å². The van der Waals surface area contributed by atoms with Gasteiger partial charge in [-0.1, -0.05) is 35.9 Å². The maximum Gasteiger partial charge on any atom is 0.215 e. The van der Waals surface area contributed by atoms with Crippen molar-refractivity contribution in [2.75, 3.05) is 13.7 Å². The van der Waals surface area contributed by atoms with Gasteiger partial charge in [-0.15, -0.1) is 0 Å². The number of aliphatic hydroxyl groups is 1. The summed E-state index contributed by atoms with van der Waals surface area (Å²) in [5.41, 5.74) is 1.20. The minimum absolute atomic E-state index is 0.108. The third-order valence-corrected chi connectivity index (χ3v) is 4.82. The number of aliphatic hydroxyl groups excluding tert-OH is 1. The zero-order chi connectivity index (χ0) is 16.9. The van der Waals surface area contributed by atoms with Crippen molar-refractivity contribution in [1.82, 2.24) is 4.72 Å². The van der Waals surface area contributed by atoms with Crippen molar-refractivity contribution < 1.29 is 18.3 Å². The van der Waals surface area contributed by atoms with Gasteiger partial charge in [-0.2, -0.15) is 0 Å². The molecule has 0 fully saturated rings. The highest BCUT2D eigenvalue weighted by Crippen LogP contribution is 2.19. The monoisotopic (exact) mass is 355 g/mol. The second-order valence-corrected chi connectivity index (χ2v) is 7.27. The van der Waals surface area contributed by atoms with Crippen LogP contribution in [0.5, 0.6) is 5.75 Å². The molecule has 0 heterocycles. The van der Waals surface area contributed by atoms with Crippen molar-refractivity contribution in [3.05, 3.63) is 64.7 Å². The molecule has 0 aliphatic carbocycles. The first-order valence-corrected chi connectivity index (χ1v) is 8.96. The molecule has 2 rings (SSSR count). The smallest absolute Gasteiger partial charge is 0.215 e. The molecular formula is C16H18ClNO4S. The number of halogens is 1. The highest BCUT2D eigenvalue weighted by Gasteiger charge is 2.15. The van der Waals surface area contributed by atoms with Crippen molar-refractivity contribution in [1.29, 1.82) is 0 Å². The molecule has 2 aromatic carbocycles. The predicted molar refractivity (Wildman–Crippen MR) is 90.0 cm³/mol. The summed E-state index contributed by atoms with van der Waals surface area (Å²) < 4.78 is 31.6. The highest BCUT2D eigenvalue weighted by molar-refractivity contribution is 7.88. The van der Waals surface area contributed by atoms with Crippen LogP contribution in [0.4, 0.5) is 0 Å². The largest absolute Gasteiger partial charge is 0.497 e. The standard InChI is InChI=1S/C16H18ClNO4S/c1-22-15-4-2-3-13(9-15)16(19)10-18-23(20,21)11-12-5-7-14(17)8-6-12/h2-9,16,18-19H,10-11H2,1H3. The first-order valence-electron chi connectivity index (χ1n) is 6.93. The Morgan fingerprint density at radius 2 is 1.91 bits per heavy atom. The molecule has 0 aliphatic rings. The minimum Gasteiger partial charge on any atom is -0.497 e. The van der Waals surface area contributed by atoms with E-state index in [4.69, 9.17) is 16.3 Å². The normalized spacial score (nSPS) is 12.8. The number of hydrogen-bond donors (Lipinski definition) is 2. The van der Waals surface area contributed by atoms with E-state index >= 15 is 0 Å². The highest BCUT2D eigenvalue weighted by atomic mass is 35.5. The first kappa shape index (κ1) is 17.7. The molecule has 7 heteroatoms. The van der Waals surface area contributed by atoms with Gasteiger partial charge in [0, 0.05) is 11.6 Å². The molecule has 0 amide bonds. The average molecular weight is 356 g/mol. The molecule has 2 aromatic rings. The van der Waals surface area contributed by atoms with Gasteiger partial charge in [0.25, 0.3) is 0 Å². The summed E-state index contributed by atoms with van der Waals surface area (Å²) in [6, 6.07) is 13.4. The molecule has 0 bridgehead atoms. The Bertz CT molecular complexity index is 747. The molecule has 0 spiro atoms. The van der Waals surface area contributed by atoms with E-state index in [0.29, 0.717) is 21.9 Å². The fourth-order valence-corrected chi connectivity index (χ4v) is 3.29. The lowest BCUT2D eigenvalue weighted by Crippen LogP contribution is -2.29. The Morgan fingerprint density at radius 3 is 2.57 bits per heavy atom. The predicted octanol–water partition coefficient (Wildman–Crippen LogP) is 2.50. The van der Waals surface area contributed by atoms with Gasteiger partial charge in [-0.05, 0) is 35.4 Å². The maximum absolute atomic E-state index is 12.1. The lowest BCUT2D eigenvalue weighted by molar-refractivity contribution is 0.181. The quantitative estimate of drug-likeness (QED) is 0.800. The first-order chi connectivity index (χ1) is 10.9. The van der Waals surface area contributed by atoms with Crippen LogP contribution < -0.4 is 9.46 Å². The maximum atomic E-state index is 12.1. The Labute approximate surface area is 140 Å². The number of sulfonamides is 1. The lowest BCUT2D eigenvalue weighted by atomic mass is 10.1. The number of nitrogens with one attached hydrogen (secondary N) is 1. The van der Waals surface area contributed by atoms with E-state index in [2.05, 4.69) is 4.72 Å². The fraction of sp³-hybridized carbons (Fsp3) is 0.250.